The van der Waals surface area contributed by atoms with Gasteiger partial charge in [0.05, 0.1) is 0 Å². The first-order valence-electron chi connectivity index (χ1n) is 5.40. The van der Waals surface area contributed by atoms with Gasteiger partial charge < -0.3 is 10.2 Å². The highest BCUT2D eigenvalue weighted by Gasteiger charge is 2.03. The summed E-state index contributed by atoms with van der Waals surface area (Å²) >= 11 is 0. The minimum atomic E-state index is -0.0228. The highest BCUT2D eigenvalue weighted by atomic mass is 16.3. The fourth-order valence-corrected chi connectivity index (χ4v) is 1.59. The van der Waals surface area contributed by atoms with Crippen molar-refractivity contribution in [2.75, 3.05) is 0 Å². The third-order valence-electron chi connectivity index (χ3n) is 2.53. The number of phenolic OH excluding ortho intramolecular Hbond substituents is 2. The number of hydrogen-bond donors (Lipinski definition) is 2. The molecule has 0 amide bonds. The second kappa shape index (κ2) is 5.07. The van der Waals surface area contributed by atoms with Crippen LogP contribution in [0.5, 0.6) is 11.5 Å². The first kappa shape index (κ1) is 11.7. The van der Waals surface area contributed by atoms with Crippen LogP contribution in [-0.4, -0.2) is 10.2 Å². The molecule has 0 radical (unpaired) electrons. The molecule has 0 bridgehead atoms. The molecule has 2 aromatic carbocycles. The summed E-state index contributed by atoms with van der Waals surface area (Å²) in [5.41, 5.74) is 1.82. The zero-order valence-electron chi connectivity index (χ0n) is 9.54. The van der Waals surface area contributed by atoms with Crippen LogP contribution in [0.2, 0.25) is 0 Å². The molecule has 0 unspecified atom stereocenters. The zero-order valence-corrected chi connectivity index (χ0v) is 9.54. The Hall–Kier alpha value is -2.73. The molecule has 0 saturated heterocycles. The van der Waals surface area contributed by atoms with Gasteiger partial charge in [0, 0.05) is 0 Å². The van der Waals surface area contributed by atoms with Gasteiger partial charge in [-0.05, 0) is 29.3 Å². The second-order valence-corrected chi connectivity index (χ2v) is 3.78. The van der Waals surface area contributed by atoms with Gasteiger partial charge in [-0.3, -0.25) is 0 Å². The van der Waals surface area contributed by atoms with Crippen molar-refractivity contribution in [2.24, 2.45) is 0 Å². The van der Waals surface area contributed by atoms with Gasteiger partial charge in [-0.1, -0.05) is 36.4 Å². The number of hydrogen-bond acceptors (Lipinski definition) is 3. The maximum absolute atomic E-state index is 9.54. The van der Waals surface area contributed by atoms with Crippen LogP contribution < -0.4 is 0 Å². The predicted octanol–water partition coefficient (Wildman–Crippen LogP) is 3.14. The Kier molecular flexibility index (Phi) is 3.31. The standard InChI is InChI=1S/C15H11NO2/c16-10-14-12(2-1-3-15(14)18)7-4-11-5-8-13(17)9-6-11/h1-9,17-18H. The molecule has 0 aliphatic rings. The van der Waals surface area contributed by atoms with E-state index in [-0.39, 0.29) is 17.1 Å². The first-order chi connectivity index (χ1) is 8.70. The van der Waals surface area contributed by atoms with E-state index in [1.807, 2.05) is 12.1 Å². The van der Waals surface area contributed by atoms with E-state index >= 15 is 0 Å². The summed E-state index contributed by atoms with van der Waals surface area (Å²) in [6, 6.07) is 13.6. The highest BCUT2D eigenvalue weighted by Crippen LogP contribution is 2.22. The van der Waals surface area contributed by atoms with Crippen LogP contribution in [0.25, 0.3) is 12.2 Å². The van der Waals surface area contributed by atoms with E-state index in [1.165, 1.54) is 6.07 Å². The summed E-state index contributed by atoms with van der Waals surface area (Å²) in [4.78, 5) is 0. The number of aromatic hydroxyl groups is 2. The molecule has 18 heavy (non-hydrogen) atoms. The molecule has 0 heterocycles. The average molecular weight is 237 g/mol. The van der Waals surface area contributed by atoms with Crippen molar-refractivity contribution in [2.45, 2.75) is 0 Å². The van der Waals surface area contributed by atoms with Crippen LogP contribution in [0, 0.1) is 11.3 Å². The number of benzene rings is 2. The van der Waals surface area contributed by atoms with Gasteiger partial charge in [0.2, 0.25) is 0 Å². The molecule has 0 saturated carbocycles. The summed E-state index contributed by atoms with van der Waals surface area (Å²) in [5.74, 6) is 0.188. The molecule has 2 N–H and O–H groups in total. The smallest absolute Gasteiger partial charge is 0.133 e. The van der Waals surface area contributed by atoms with Gasteiger partial charge in [0.15, 0.2) is 0 Å². The molecule has 2 aromatic rings. The molecule has 0 atom stereocenters. The third-order valence-corrected chi connectivity index (χ3v) is 2.53. The predicted molar refractivity (Wildman–Crippen MR) is 69.9 cm³/mol. The SMILES string of the molecule is N#Cc1c(O)cccc1C=Cc1ccc(O)cc1. The van der Waals surface area contributed by atoms with Crippen molar-refractivity contribution in [3.63, 3.8) is 0 Å². The van der Waals surface area contributed by atoms with Crippen LogP contribution in [-0.2, 0) is 0 Å². The van der Waals surface area contributed by atoms with Crippen molar-refractivity contribution < 1.29 is 10.2 Å². The molecular weight excluding hydrogens is 226 g/mol. The van der Waals surface area contributed by atoms with E-state index in [4.69, 9.17) is 10.4 Å². The molecule has 2 rings (SSSR count). The molecule has 0 fully saturated rings. The topological polar surface area (TPSA) is 64.2 Å². The normalized spacial score (nSPS) is 10.4. The number of nitriles is 1. The van der Waals surface area contributed by atoms with Crippen LogP contribution in [0.15, 0.2) is 42.5 Å². The fourth-order valence-electron chi connectivity index (χ4n) is 1.59. The van der Waals surface area contributed by atoms with Gasteiger partial charge in [0.25, 0.3) is 0 Å². The summed E-state index contributed by atoms with van der Waals surface area (Å²) in [7, 11) is 0. The van der Waals surface area contributed by atoms with Crippen molar-refractivity contribution in [1.29, 1.82) is 5.26 Å². The van der Waals surface area contributed by atoms with Gasteiger partial charge in [0.1, 0.15) is 23.1 Å². The zero-order chi connectivity index (χ0) is 13.0. The van der Waals surface area contributed by atoms with Gasteiger partial charge in [-0.25, -0.2) is 0 Å². The molecule has 0 aliphatic carbocycles. The number of phenols is 2. The molecule has 3 heteroatoms. The van der Waals surface area contributed by atoms with E-state index in [1.54, 1.807) is 42.5 Å². The highest BCUT2D eigenvalue weighted by molar-refractivity contribution is 5.74. The van der Waals surface area contributed by atoms with E-state index < -0.39 is 0 Å². The fraction of sp³-hybridized carbons (Fsp3) is 0. The maximum Gasteiger partial charge on any atom is 0.133 e. The lowest BCUT2D eigenvalue weighted by Gasteiger charge is -2.00. The van der Waals surface area contributed by atoms with Gasteiger partial charge >= 0.3 is 0 Å². The van der Waals surface area contributed by atoms with Crippen molar-refractivity contribution in [3.8, 4) is 17.6 Å². The van der Waals surface area contributed by atoms with Gasteiger partial charge in [-0.2, -0.15) is 5.26 Å². The minimum absolute atomic E-state index is 0.0228. The van der Waals surface area contributed by atoms with Crippen LogP contribution in [0.3, 0.4) is 0 Å². The van der Waals surface area contributed by atoms with E-state index in [0.717, 1.165) is 5.56 Å². The van der Waals surface area contributed by atoms with Crippen LogP contribution >= 0.6 is 0 Å². The van der Waals surface area contributed by atoms with Crippen molar-refractivity contribution >= 4 is 12.2 Å². The average Bonchev–Trinajstić information content (AvgIpc) is 2.38. The number of rotatable bonds is 2. The summed E-state index contributed by atoms with van der Waals surface area (Å²) in [6.07, 6.45) is 3.57. The Labute approximate surface area is 105 Å². The van der Waals surface area contributed by atoms with E-state index in [9.17, 15) is 5.11 Å². The summed E-state index contributed by atoms with van der Waals surface area (Å²) in [6.45, 7) is 0. The lowest BCUT2D eigenvalue weighted by molar-refractivity contribution is 0.473. The Morgan fingerprint density at radius 3 is 2.33 bits per heavy atom. The lowest BCUT2D eigenvalue weighted by atomic mass is 10.1. The first-order valence-corrected chi connectivity index (χ1v) is 5.40. The molecule has 0 spiro atoms. The van der Waals surface area contributed by atoms with Crippen LogP contribution in [0.1, 0.15) is 16.7 Å². The molecule has 3 nitrogen and oxygen atoms in total. The molecular formula is C15H11NO2. The third kappa shape index (κ3) is 2.50. The lowest BCUT2D eigenvalue weighted by Crippen LogP contribution is -1.82. The summed E-state index contributed by atoms with van der Waals surface area (Å²) < 4.78 is 0. The molecule has 0 aliphatic heterocycles. The quantitative estimate of drug-likeness (QED) is 0.788. The Balaban J connectivity index is 2.32. The van der Waals surface area contributed by atoms with E-state index in [2.05, 4.69) is 0 Å². The minimum Gasteiger partial charge on any atom is -0.508 e. The molecule has 88 valence electrons. The Morgan fingerprint density at radius 2 is 1.67 bits per heavy atom. The number of nitrogens with zero attached hydrogens (tertiary/aromatic N) is 1. The van der Waals surface area contributed by atoms with Crippen molar-refractivity contribution in [1.82, 2.24) is 0 Å². The van der Waals surface area contributed by atoms with Crippen LogP contribution in [0.4, 0.5) is 0 Å². The Morgan fingerprint density at radius 1 is 0.944 bits per heavy atom. The summed E-state index contributed by atoms with van der Waals surface area (Å²) in [5, 5.41) is 27.7. The largest absolute Gasteiger partial charge is 0.508 e. The van der Waals surface area contributed by atoms with Gasteiger partial charge in [-0.15, -0.1) is 0 Å². The second-order valence-electron chi connectivity index (χ2n) is 3.78. The monoisotopic (exact) mass is 237 g/mol. The molecule has 0 aromatic heterocycles. The maximum atomic E-state index is 9.54. The Bertz CT molecular complexity index is 622. The van der Waals surface area contributed by atoms with Crippen molar-refractivity contribution in [3.05, 3.63) is 59.2 Å². The van der Waals surface area contributed by atoms with E-state index in [0.29, 0.717) is 5.56 Å².